The Hall–Kier alpha value is -0.630. The monoisotopic (exact) mass is 214 g/mol. The molecule has 0 aromatic heterocycles. The lowest BCUT2D eigenvalue weighted by molar-refractivity contribution is 0.387. The van der Waals surface area contributed by atoms with Crippen molar-refractivity contribution < 1.29 is 14.4 Å². The molecule has 3 nitrogen and oxygen atoms in total. The summed E-state index contributed by atoms with van der Waals surface area (Å²) in [5.41, 5.74) is 0.753. The fraction of sp³-hybridized carbons (Fsp3) is 0.400. The molecule has 2 N–H and O–H groups in total. The maximum absolute atomic E-state index is 11.2. The van der Waals surface area contributed by atoms with Crippen molar-refractivity contribution in [3.8, 4) is 0 Å². The van der Waals surface area contributed by atoms with Gasteiger partial charge in [-0.2, -0.15) is 0 Å². The van der Waals surface area contributed by atoms with Crippen molar-refractivity contribution in [2.45, 2.75) is 26.2 Å². The van der Waals surface area contributed by atoms with Gasteiger partial charge < -0.3 is 9.79 Å². The second kappa shape index (κ2) is 4.26. The Morgan fingerprint density at radius 1 is 1.36 bits per heavy atom. The normalized spacial score (nSPS) is 14.0. The van der Waals surface area contributed by atoms with Crippen LogP contribution in [0.15, 0.2) is 24.3 Å². The lowest BCUT2D eigenvalue weighted by Gasteiger charge is -2.15. The average molecular weight is 214 g/mol. The lowest BCUT2D eigenvalue weighted by Crippen LogP contribution is -2.12. The minimum absolute atomic E-state index is 0.161. The van der Waals surface area contributed by atoms with Crippen LogP contribution in [-0.2, 0) is 4.57 Å². The number of benzene rings is 1. The zero-order chi connectivity index (χ0) is 10.8. The van der Waals surface area contributed by atoms with Crippen LogP contribution in [0.2, 0.25) is 0 Å². The molecule has 78 valence electrons. The molecule has 0 aliphatic carbocycles. The van der Waals surface area contributed by atoms with Crippen molar-refractivity contribution in [3.05, 3.63) is 29.8 Å². The summed E-state index contributed by atoms with van der Waals surface area (Å²) in [6, 6.07) is 6.74. The first-order chi connectivity index (χ1) is 6.46. The van der Waals surface area contributed by atoms with Crippen molar-refractivity contribution >= 4 is 12.9 Å². The highest BCUT2D eigenvalue weighted by molar-refractivity contribution is 7.60. The molecule has 1 aromatic rings. The van der Waals surface area contributed by atoms with Crippen molar-refractivity contribution in [1.29, 1.82) is 0 Å². The van der Waals surface area contributed by atoms with Gasteiger partial charge >= 0.3 is 7.60 Å². The van der Waals surface area contributed by atoms with E-state index in [-0.39, 0.29) is 11.2 Å². The van der Waals surface area contributed by atoms with E-state index in [1.54, 1.807) is 18.2 Å². The van der Waals surface area contributed by atoms with Gasteiger partial charge in [-0.1, -0.05) is 32.0 Å². The van der Waals surface area contributed by atoms with E-state index in [9.17, 15) is 4.57 Å². The summed E-state index contributed by atoms with van der Waals surface area (Å²) in [7, 11) is -4.12. The van der Waals surface area contributed by atoms with Crippen molar-refractivity contribution in [2.24, 2.45) is 0 Å². The van der Waals surface area contributed by atoms with Gasteiger partial charge in [0.2, 0.25) is 0 Å². The van der Waals surface area contributed by atoms with Gasteiger partial charge in [0.1, 0.15) is 0 Å². The highest BCUT2D eigenvalue weighted by Gasteiger charge is 2.22. The largest absolute Gasteiger partial charge is 0.356 e. The van der Waals surface area contributed by atoms with Crippen LogP contribution < -0.4 is 5.30 Å². The highest BCUT2D eigenvalue weighted by Crippen LogP contribution is 2.36. The van der Waals surface area contributed by atoms with Gasteiger partial charge in [-0.25, -0.2) is 0 Å². The maximum atomic E-state index is 11.2. The van der Waals surface area contributed by atoms with Crippen LogP contribution in [0, 0.1) is 0 Å². The molecule has 1 unspecified atom stereocenters. The molecule has 1 rings (SSSR count). The molecular formula is C10H15O3P. The molecule has 4 heteroatoms. The quantitative estimate of drug-likeness (QED) is 0.756. The third-order valence-corrected chi connectivity index (χ3v) is 3.43. The Kier molecular flexibility index (Phi) is 3.48. The molecule has 0 amide bonds. The van der Waals surface area contributed by atoms with Crippen molar-refractivity contribution in [3.63, 3.8) is 0 Å². The molecule has 1 aromatic carbocycles. The van der Waals surface area contributed by atoms with E-state index < -0.39 is 7.60 Å². The van der Waals surface area contributed by atoms with Gasteiger partial charge in [0.15, 0.2) is 0 Å². The Morgan fingerprint density at radius 2 is 1.93 bits per heavy atom. The molecule has 0 heterocycles. The SMILES string of the molecule is CCC(C)c1ccccc1P(=O)(O)O. The topological polar surface area (TPSA) is 57.5 Å². The second-order valence-corrected chi connectivity index (χ2v) is 4.98. The van der Waals surface area contributed by atoms with Crippen molar-refractivity contribution in [2.75, 3.05) is 0 Å². The summed E-state index contributed by atoms with van der Waals surface area (Å²) in [5, 5.41) is 0.161. The van der Waals surface area contributed by atoms with E-state index in [1.807, 2.05) is 13.8 Å². The van der Waals surface area contributed by atoms with Gasteiger partial charge in [0.25, 0.3) is 0 Å². The summed E-state index contributed by atoms with van der Waals surface area (Å²) in [4.78, 5) is 18.3. The van der Waals surface area contributed by atoms with E-state index >= 15 is 0 Å². The summed E-state index contributed by atoms with van der Waals surface area (Å²) in [6.07, 6.45) is 0.872. The fourth-order valence-electron chi connectivity index (χ4n) is 1.39. The molecule has 14 heavy (non-hydrogen) atoms. The van der Waals surface area contributed by atoms with Gasteiger partial charge in [0, 0.05) is 0 Å². The van der Waals surface area contributed by atoms with Gasteiger partial charge in [-0.05, 0) is 24.0 Å². The van der Waals surface area contributed by atoms with Gasteiger partial charge in [0.05, 0.1) is 5.30 Å². The molecule has 0 saturated carbocycles. The first-order valence-electron chi connectivity index (χ1n) is 4.61. The van der Waals surface area contributed by atoms with Crippen LogP contribution in [0.3, 0.4) is 0 Å². The zero-order valence-electron chi connectivity index (χ0n) is 8.34. The second-order valence-electron chi connectivity index (χ2n) is 3.41. The van der Waals surface area contributed by atoms with E-state index in [0.29, 0.717) is 0 Å². The fourth-order valence-corrected chi connectivity index (χ4v) is 2.30. The summed E-state index contributed by atoms with van der Waals surface area (Å²) < 4.78 is 11.2. The zero-order valence-corrected chi connectivity index (χ0v) is 9.24. The standard InChI is InChI=1S/C10H15O3P/c1-3-8(2)9-6-4-5-7-10(9)14(11,12)13/h4-8H,3H2,1-2H3,(H2,11,12,13). The molecule has 0 radical (unpaired) electrons. The van der Waals surface area contributed by atoms with Crippen molar-refractivity contribution in [1.82, 2.24) is 0 Å². The number of hydrogen-bond donors (Lipinski definition) is 2. The Labute approximate surface area is 83.9 Å². The lowest BCUT2D eigenvalue weighted by atomic mass is 9.99. The number of rotatable bonds is 3. The number of hydrogen-bond acceptors (Lipinski definition) is 1. The highest BCUT2D eigenvalue weighted by atomic mass is 31.2. The van der Waals surface area contributed by atoms with E-state index in [2.05, 4.69) is 0 Å². The van der Waals surface area contributed by atoms with Gasteiger partial charge in [-0.15, -0.1) is 0 Å². The Bertz CT molecular complexity index is 356. The Morgan fingerprint density at radius 3 is 2.43 bits per heavy atom. The minimum atomic E-state index is -4.12. The summed E-state index contributed by atoms with van der Waals surface area (Å²) in [6.45, 7) is 3.97. The first-order valence-corrected chi connectivity index (χ1v) is 6.23. The third kappa shape index (κ3) is 2.44. The van der Waals surface area contributed by atoms with Crippen LogP contribution in [0.4, 0.5) is 0 Å². The molecule has 0 aliphatic heterocycles. The van der Waals surface area contributed by atoms with E-state index in [1.165, 1.54) is 6.07 Å². The third-order valence-electron chi connectivity index (χ3n) is 2.39. The predicted molar refractivity (Wildman–Crippen MR) is 56.8 cm³/mol. The average Bonchev–Trinajstić information content (AvgIpc) is 2.15. The Balaban J connectivity index is 3.23. The van der Waals surface area contributed by atoms with E-state index in [0.717, 1.165) is 12.0 Å². The van der Waals surface area contributed by atoms with Crippen LogP contribution in [-0.4, -0.2) is 9.79 Å². The van der Waals surface area contributed by atoms with Crippen LogP contribution in [0.5, 0.6) is 0 Å². The molecule has 0 bridgehead atoms. The minimum Gasteiger partial charge on any atom is -0.321 e. The molecule has 0 saturated heterocycles. The van der Waals surface area contributed by atoms with Crippen LogP contribution >= 0.6 is 7.60 Å². The van der Waals surface area contributed by atoms with Crippen LogP contribution in [0.25, 0.3) is 0 Å². The summed E-state index contributed by atoms with van der Waals surface area (Å²) >= 11 is 0. The van der Waals surface area contributed by atoms with Gasteiger partial charge in [-0.3, -0.25) is 4.57 Å². The van der Waals surface area contributed by atoms with Crippen LogP contribution in [0.1, 0.15) is 31.7 Å². The van der Waals surface area contributed by atoms with E-state index in [4.69, 9.17) is 9.79 Å². The predicted octanol–water partition coefficient (Wildman–Crippen LogP) is 2.00. The summed E-state index contributed by atoms with van der Waals surface area (Å²) in [5.74, 6) is 0.179. The first kappa shape index (κ1) is 11.4. The molecule has 0 spiro atoms. The molecule has 0 aliphatic rings. The maximum Gasteiger partial charge on any atom is 0.356 e. The smallest absolute Gasteiger partial charge is 0.321 e. The molecule has 0 fully saturated rings. The molecular weight excluding hydrogens is 199 g/mol. The molecule has 1 atom stereocenters.